The summed E-state index contributed by atoms with van der Waals surface area (Å²) in [7, 11) is 3.84. The van der Waals surface area contributed by atoms with Crippen molar-refractivity contribution in [2.24, 2.45) is 5.18 Å². The van der Waals surface area contributed by atoms with Crippen LogP contribution in [0.4, 0.5) is 4.79 Å². The summed E-state index contributed by atoms with van der Waals surface area (Å²) in [5.74, 6) is 0. The summed E-state index contributed by atoms with van der Waals surface area (Å²) in [4.78, 5) is 24.2. The maximum atomic E-state index is 10.9. The summed E-state index contributed by atoms with van der Waals surface area (Å²) in [5, 5.41) is 2.70. The van der Waals surface area contributed by atoms with Gasteiger partial charge in [-0.25, -0.2) is 4.79 Å². The third-order valence-corrected chi connectivity index (χ3v) is 1.63. The Labute approximate surface area is 77.6 Å². The number of hydrogen-bond donors (Lipinski definition) is 1. The molecule has 6 heteroatoms. The summed E-state index contributed by atoms with van der Waals surface area (Å²) in [6.45, 7) is 1.85. The van der Waals surface area contributed by atoms with E-state index in [9.17, 15) is 9.70 Å². The van der Waals surface area contributed by atoms with Crippen molar-refractivity contribution in [2.45, 2.75) is 0 Å². The molecule has 0 aliphatic carbocycles. The first-order chi connectivity index (χ1) is 6.07. The number of hydrogen-bond acceptors (Lipinski definition) is 4. The molecular weight excluding hydrogens is 172 g/mol. The molecule has 0 aliphatic heterocycles. The summed E-state index contributed by atoms with van der Waals surface area (Å²) in [6.07, 6.45) is 0. The molecule has 0 aromatic rings. The molecule has 0 saturated heterocycles. The first-order valence-electron chi connectivity index (χ1n) is 4.12. The topological polar surface area (TPSA) is 80.6 Å². The van der Waals surface area contributed by atoms with Crippen molar-refractivity contribution >= 4 is 6.03 Å². The number of rotatable bonds is 6. The van der Waals surface area contributed by atoms with E-state index in [4.69, 9.17) is 0 Å². The molecular formula is C7H17N4O2+. The number of likely N-dealkylation sites (N-methyl/N-ethyl adjacent to an activating group) is 1. The van der Waals surface area contributed by atoms with Gasteiger partial charge in [0.15, 0.2) is 0 Å². The molecule has 6 nitrogen and oxygen atoms in total. The van der Waals surface area contributed by atoms with E-state index in [1.54, 1.807) is 0 Å². The van der Waals surface area contributed by atoms with Crippen LogP contribution in [0.25, 0.3) is 0 Å². The summed E-state index contributed by atoms with van der Waals surface area (Å²) in [5.41, 5.74) is 3.29. The highest BCUT2D eigenvalue weighted by molar-refractivity contribution is 5.62. The number of quaternary nitrogens is 1. The Bertz CT molecular complexity index is 172. The third-order valence-electron chi connectivity index (χ3n) is 1.63. The van der Waals surface area contributed by atoms with Gasteiger partial charge in [-0.1, -0.05) is 5.18 Å². The first kappa shape index (κ1) is 12.0. The van der Waals surface area contributed by atoms with E-state index in [0.29, 0.717) is 13.1 Å². The number of nitrogens with zero attached hydrogens (tertiary/aromatic N) is 3. The Balaban J connectivity index is 3.80. The van der Waals surface area contributed by atoms with Crippen LogP contribution in [0.5, 0.6) is 0 Å². The molecule has 0 aliphatic rings. The number of carbonyl (C=O) groups is 1. The molecule has 13 heavy (non-hydrogen) atoms. The summed E-state index contributed by atoms with van der Waals surface area (Å²) >= 11 is 0. The maximum Gasteiger partial charge on any atom is 0.414 e. The van der Waals surface area contributed by atoms with Crippen molar-refractivity contribution in [3.05, 3.63) is 4.91 Å². The van der Waals surface area contributed by atoms with Crippen molar-refractivity contribution in [2.75, 3.05) is 40.3 Å². The van der Waals surface area contributed by atoms with Gasteiger partial charge < -0.3 is 4.90 Å². The van der Waals surface area contributed by atoms with Gasteiger partial charge in [-0.3, -0.25) is 10.6 Å². The van der Waals surface area contributed by atoms with Gasteiger partial charge in [-0.05, 0) is 14.1 Å². The summed E-state index contributed by atoms with van der Waals surface area (Å²) < 4.78 is 0. The van der Waals surface area contributed by atoms with E-state index in [0.717, 1.165) is 6.54 Å². The molecule has 0 rings (SSSR count). The van der Waals surface area contributed by atoms with Gasteiger partial charge in [0.1, 0.15) is 0 Å². The van der Waals surface area contributed by atoms with Gasteiger partial charge >= 0.3 is 6.03 Å². The highest BCUT2D eigenvalue weighted by atomic mass is 16.3. The molecule has 0 saturated carbocycles. The molecule has 0 spiro atoms. The van der Waals surface area contributed by atoms with Crippen LogP contribution in [-0.4, -0.2) is 56.1 Å². The zero-order chi connectivity index (χ0) is 10.3. The van der Waals surface area contributed by atoms with E-state index in [1.165, 1.54) is 4.90 Å². The van der Waals surface area contributed by atoms with Crippen LogP contribution in [0.2, 0.25) is 0 Å². The SMILES string of the molecule is CN(C)CCN(CCN=O)C([NH3+])=O. The van der Waals surface area contributed by atoms with E-state index in [1.807, 2.05) is 19.0 Å². The van der Waals surface area contributed by atoms with Crippen LogP contribution in [-0.2, 0) is 0 Å². The molecule has 76 valence electrons. The second-order valence-electron chi connectivity index (χ2n) is 3.04. The van der Waals surface area contributed by atoms with Crippen molar-refractivity contribution in [1.29, 1.82) is 0 Å². The average Bonchev–Trinajstić information content (AvgIpc) is 2.03. The van der Waals surface area contributed by atoms with E-state index in [2.05, 4.69) is 10.9 Å². The fraction of sp³-hybridized carbons (Fsp3) is 0.857. The van der Waals surface area contributed by atoms with Crippen LogP contribution < -0.4 is 5.73 Å². The highest BCUT2D eigenvalue weighted by Gasteiger charge is 2.11. The third kappa shape index (κ3) is 6.18. The van der Waals surface area contributed by atoms with Crippen LogP contribution in [0.3, 0.4) is 0 Å². The molecule has 0 aromatic carbocycles. The minimum Gasteiger partial charge on any atom is -0.308 e. The van der Waals surface area contributed by atoms with Crippen molar-refractivity contribution in [1.82, 2.24) is 9.80 Å². The van der Waals surface area contributed by atoms with E-state index < -0.39 is 0 Å². The largest absolute Gasteiger partial charge is 0.414 e. The lowest BCUT2D eigenvalue weighted by Crippen LogP contribution is -2.65. The lowest BCUT2D eigenvalue weighted by atomic mass is 10.4. The second kappa shape index (κ2) is 6.50. The molecule has 0 fully saturated rings. The average molecular weight is 189 g/mol. The van der Waals surface area contributed by atoms with Gasteiger partial charge in [0, 0.05) is 19.6 Å². The molecule has 0 bridgehead atoms. The van der Waals surface area contributed by atoms with Crippen LogP contribution in [0.1, 0.15) is 0 Å². The zero-order valence-electron chi connectivity index (χ0n) is 8.19. The van der Waals surface area contributed by atoms with Gasteiger partial charge in [0.2, 0.25) is 0 Å². The minimum atomic E-state index is -0.259. The van der Waals surface area contributed by atoms with Crippen LogP contribution >= 0.6 is 0 Å². The van der Waals surface area contributed by atoms with E-state index in [-0.39, 0.29) is 12.6 Å². The van der Waals surface area contributed by atoms with Gasteiger partial charge in [0.05, 0.1) is 6.54 Å². The van der Waals surface area contributed by atoms with Gasteiger partial charge in [0.25, 0.3) is 0 Å². The maximum absolute atomic E-state index is 10.9. The lowest BCUT2D eigenvalue weighted by Gasteiger charge is -2.18. The summed E-state index contributed by atoms with van der Waals surface area (Å²) in [6, 6.07) is -0.259. The lowest BCUT2D eigenvalue weighted by molar-refractivity contribution is -0.265. The van der Waals surface area contributed by atoms with Crippen molar-refractivity contribution in [3.63, 3.8) is 0 Å². The van der Waals surface area contributed by atoms with Crippen LogP contribution in [0.15, 0.2) is 5.18 Å². The fourth-order valence-corrected chi connectivity index (χ4v) is 0.843. The monoisotopic (exact) mass is 189 g/mol. The normalized spacial score (nSPS) is 10.2. The number of amides is 2. The fourth-order valence-electron chi connectivity index (χ4n) is 0.843. The van der Waals surface area contributed by atoms with E-state index >= 15 is 0 Å². The molecule has 3 N–H and O–H groups in total. The van der Waals surface area contributed by atoms with Crippen molar-refractivity contribution in [3.8, 4) is 0 Å². The molecule has 0 heterocycles. The molecule has 0 unspecified atom stereocenters. The first-order valence-corrected chi connectivity index (χ1v) is 4.12. The quantitative estimate of drug-likeness (QED) is 0.543. The van der Waals surface area contributed by atoms with Crippen LogP contribution in [0, 0.1) is 4.91 Å². The zero-order valence-corrected chi connectivity index (χ0v) is 8.19. The van der Waals surface area contributed by atoms with Gasteiger partial charge in [-0.15, -0.1) is 0 Å². The Hall–Kier alpha value is -1.01. The Kier molecular flexibility index (Phi) is 5.99. The predicted molar refractivity (Wildman–Crippen MR) is 49.1 cm³/mol. The minimum absolute atomic E-state index is 0.134. The smallest absolute Gasteiger partial charge is 0.308 e. The molecule has 0 radical (unpaired) electrons. The predicted octanol–water partition coefficient (Wildman–Crippen LogP) is -1.02. The van der Waals surface area contributed by atoms with Crippen molar-refractivity contribution < 1.29 is 10.5 Å². The number of urea groups is 1. The Morgan fingerprint density at radius 1 is 1.31 bits per heavy atom. The highest BCUT2D eigenvalue weighted by Crippen LogP contribution is 1.88. The Morgan fingerprint density at radius 2 is 1.92 bits per heavy atom. The number of nitroso groups, excluding NO2 is 1. The molecule has 2 amide bonds. The molecule has 0 atom stereocenters. The number of carbonyl (C=O) groups excluding carboxylic acids is 1. The molecule has 0 aromatic heterocycles. The standard InChI is InChI=1S/C7H16N4O2/c1-10(2)5-6-11(7(8)12)4-3-9-13/h3-6H2,1-2H3,(H2,8,12)/p+1. The van der Waals surface area contributed by atoms with Gasteiger partial charge in [-0.2, -0.15) is 4.91 Å². The second-order valence-corrected chi connectivity index (χ2v) is 3.04. The Morgan fingerprint density at radius 3 is 2.31 bits per heavy atom.